The molecule has 1 N–H and O–H groups in total. The maximum Gasteiger partial charge on any atom is 0.367 e. The Balaban J connectivity index is 1.50. The predicted molar refractivity (Wildman–Crippen MR) is 115 cm³/mol. The van der Waals surface area contributed by atoms with E-state index in [0.29, 0.717) is 17.9 Å². The van der Waals surface area contributed by atoms with Crippen molar-refractivity contribution < 1.29 is 13.2 Å². The van der Waals surface area contributed by atoms with Crippen molar-refractivity contribution in [1.82, 2.24) is 24.7 Å². The fraction of sp³-hybridized carbons (Fsp3) is 0.400. The molecule has 1 saturated carbocycles. The topological polar surface area (TPSA) is 115 Å². The Morgan fingerprint density at radius 3 is 2.48 bits per heavy atom. The van der Waals surface area contributed by atoms with Crippen molar-refractivity contribution in [2.75, 3.05) is 0 Å². The van der Waals surface area contributed by atoms with Crippen LogP contribution in [0, 0.1) is 0 Å². The zero-order chi connectivity index (χ0) is 22.0. The van der Waals surface area contributed by atoms with Crippen LogP contribution >= 0.6 is 11.6 Å². The van der Waals surface area contributed by atoms with Gasteiger partial charge in [-0.05, 0) is 42.7 Å². The highest BCUT2D eigenvalue weighted by Gasteiger charge is 2.30. The van der Waals surface area contributed by atoms with Gasteiger partial charge in [0.15, 0.2) is 20.5 Å². The summed E-state index contributed by atoms with van der Waals surface area (Å²) in [6, 6.07) is 9.83. The summed E-state index contributed by atoms with van der Waals surface area (Å²) in [4.78, 5) is 24.9. The van der Waals surface area contributed by atoms with Crippen molar-refractivity contribution in [3.8, 4) is 0 Å². The van der Waals surface area contributed by atoms with E-state index in [0.717, 1.165) is 34.0 Å². The Labute approximate surface area is 183 Å². The number of halogens is 1. The van der Waals surface area contributed by atoms with Gasteiger partial charge in [-0.3, -0.25) is 4.79 Å². The van der Waals surface area contributed by atoms with Crippen molar-refractivity contribution in [2.45, 2.75) is 55.5 Å². The highest BCUT2D eigenvalue weighted by molar-refractivity contribution is 7.92. The molecule has 1 aliphatic rings. The van der Waals surface area contributed by atoms with E-state index >= 15 is 0 Å². The van der Waals surface area contributed by atoms with Gasteiger partial charge in [0, 0.05) is 11.6 Å². The van der Waals surface area contributed by atoms with Gasteiger partial charge in [-0.25, -0.2) is 17.9 Å². The number of amides is 1. The molecule has 0 bridgehead atoms. The first-order valence-corrected chi connectivity index (χ1v) is 12.0. The first kappa shape index (κ1) is 21.5. The van der Waals surface area contributed by atoms with Gasteiger partial charge >= 0.3 is 5.69 Å². The summed E-state index contributed by atoms with van der Waals surface area (Å²) in [5, 5.41) is 10.8. The summed E-state index contributed by atoms with van der Waals surface area (Å²) in [5.74, 6) is -0.407. The lowest BCUT2D eigenvalue weighted by Crippen LogP contribution is -2.33. The van der Waals surface area contributed by atoms with E-state index in [2.05, 4.69) is 15.5 Å². The number of nitrogens with one attached hydrogen (secondary N) is 1. The molecule has 0 atom stereocenters. The molecule has 2 aromatic heterocycles. The van der Waals surface area contributed by atoms with Gasteiger partial charge < -0.3 is 5.32 Å². The third-order valence-electron chi connectivity index (χ3n) is 5.39. The molecule has 1 aromatic carbocycles. The molecule has 0 radical (unpaired) electrons. The Morgan fingerprint density at radius 2 is 1.77 bits per heavy atom. The van der Waals surface area contributed by atoms with Crippen LogP contribution in [0.2, 0.25) is 5.02 Å². The van der Waals surface area contributed by atoms with Gasteiger partial charge in [0.05, 0.1) is 5.25 Å². The number of benzene rings is 1. The molecule has 0 unspecified atom stereocenters. The number of rotatable bonds is 6. The summed E-state index contributed by atoms with van der Waals surface area (Å²) < 4.78 is 27.7. The van der Waals surface area contributed by atoms with Crippen molar-refractivity contribution >= 4 is 33.0 Å². The number of nitrogens with zero attached hydrogens (tertiary/aromatic N) is 4. The molecule has 1 aliphatic carbocycles. The Kier molecular flexibility index (Phi) is 6.10. The summed E-state index contributed by atoms with van der Waals surface area (Å²) in [7, 11) is -3.62. The van der Waals surface area contributed by atoms with Crippen LogP contribution in [0.5, 0.6) is 0 Å². The molecule has 164 valence electrons. The van der Waals surface area contributed by atoms with Crippen molar-refractivity contribution in [3.05, 3.63) is 57.5 Å². The van der Waals surface area contributed by atoms with Crippen LogP contribution in [0.15, 0.2) is 46.2 Å². The average Bonchev–Trinajstić information content (AvgIpc) is 3.08. The highest BCUT2D eigenvalue weighted by Crippen LogP contribution is 2.27. The number of carbonyl (C=O) groups excluding carboxylic acids is 1. The van der Waals surface area contributed by atoms with E-state index in [-0.39, 0.29) is 23.8 Å². The third kappa shape index (κ3) is 4.64. The number of sulfone groups is 1. The van der Waals surface area contributed by atoms with E-state index < -0.39 is 26.7 Å². The first-order chi connectivity index (χ1) is 14.8. The zero-order valence-corrected chi connectivity index (χ0v) is 18.3. The largest absolute Gasteiger partial charge is 0.367 e. The van der Waals surface area contributed by atoms with Gasteiger partial charge in [-0.15, -0.1) is 10.2 Å². The van der Waals surface area contributed by atoms with Gasteiger partial charge in [-0.1, -0.05) is 43.0 Å². The maximum absolute atomic E-state index is 12.9. The molecule has 0 saturated heterocycles. The van der Waals surface area contributed by atoms with E-state index in [9.17, 15) is 18.0 Å². The lowest BCUT2D eigenvalue weighted by molar-refractivity contribution is -0.122. The summed E-state index contributed by atoms with van der Waals surface area (Å²) >= 11 is 5.84. The molecule has 1 fully saturated rings. The SMILES string of the molecule is O=C(Cn1nc2ccc(S(=O)(=O)C3CCCCC3)nn2c1=O)NCc1ccc(Cl)cc1. The van der Waals surface area contributed by atoms with Crippen LogP contribution < -0.4 is 11.0 Å². The second-order valence-electron chi connectivity index (χ2n) is 7.59. The molecule has 1 amide bonds. The number of hydrogen-bond acceptors (Lipinski definition) is 6. The van der Waals surface area contributed by atoms with Crippen molar-refractivity contribution in [2.24, 2.45) is 0 Å². The molecule has 0 spiro atoms. The second-order valence-corrected chi connectivity index (χ2v) is 10.2. The van der Waals surface area contributed by atoms with Crippen molar-refractivity contribution in [1.29, 1.82) is 0 Å². The van der Waals surface area contributed by atoms with Crippen LogP contribution in [-0.2, 0) is 27.7 Å². The van der Waals surface area contributed by atoms with Crippen LogP contribution in [0.25, 0.3) is 5.65 Å². The Morgan fingerprint density at radius 1 is 1.06 bits per heavy atom. The molecule has 11 heteroatoms. The molecule has 4 rings (SSSR count). The quantitative estimate of drug-likeness (QED) is 0.597. The fourth-order valence-electron chi connectivity index (χ4n) is 3.69. The van der Waals surface area contributed by atoms with E-state index in [1.165, 1.54) is 12.1 Å². The van der Waals surface area contributed by atoms with Crippen LogP contribution in [0.3, 0.4) is 0 Å². The Hall–Kier alpha value is -2.72. The number of aromatic nitrogens is 4. The third-order valence-corrected chi connectivity index (χ3v) is 7.80. The van der Waals surface area contributed by atoms with E-state index in [4.69, 9.17) is 11.6 Å². The Bertz CT molecular complexity index is 1260. The van der Waals surface area contributed by atoms with Crippen LogP contribution in [0.1, 0.15) is 37.7 Å². The van der Waals surface area contributed by atoms with Gasteiger partial charge in [0.1, 0.15) is 6.54 Å². The molecular weight excluding hydrogens is 442 g/mol. The lowest BCUT2D eigenvalue weighted by atomic mass is 10.0. The molecule has 3 aromatic rings. The van der Waals surface area contributed by atoms with Gasteiger partial charge in [0.2, 0.25) is 5.91 Å². The van der Waals surface area contributed by atoms with E-state index in [1.54, 1.807) is 24.3 Å². The summed E-state index contributed by atoms with van der Waals surface area (Å²) in [6.45, 7) is -0.0271. The fourth-order valence-corrected chi connectivity index (χ4v) is 5.56. The lowest BCUT2D eigenvalue weighted by Gasteiger charge is -2.20. The molecule has 9 nitrogen and oxygen atoms in total. The highest BCUT2D eigenvalue weighted by atomic mass is 35.5. The molecule has 31 heavy (non-hydrogen) atoms. The summed E-state index contributed by atoms with van der Waals surface area (Å²) in [5.41, 5.74) is 0.370. The zero-order valence-electron chi connectivity index (χ0n) is 16.7. The van der Waals surface area contributed by atoms with Gasteiger partial charge in [0.25, 0.3) is 0 Å². The second kappa shape index (κ2) is 8.80. The van der Waals surface area contributed by atoms with Crippen molar-refractivity contribution in [3.63, 3.8) is 0 Å². The van der Waals surface area contributed by atoms with E-state index in [1.807, 2.05) is 0 Å². The molecule has 0 aliphatic heterocycles. The number of hydrogen-bond donors (Lipinski definition) is 1. The summed E-state index contributed by atoms with van der Waals surface area (Å²) in [6.07, 6.45) is 3.98. The number of carbonyl (C=O) groups is 1. The molecule has 2 heterocycles. The first-order valence-electron chi connectivity index (χ1n) is 10.1. The minimum atomic E-state index is -3.62. The predicted octanol–water partition coefficient (Wildman–Crippen LogP) is 1.97. The normalized spacial score (nSPS) is 15.3. The number of fused-ring (bicyclic) bond motifs is 1. The maximum atomic E-state index is 12.9. The standard InChI is InChI=1S/C20H22ClN5O4S/c21-15-8-6-14(7-9-15)12-22-18(27)13-25-20(28)26-17(23-25)10-11-19(24-26)31(29,30)16-4-2-1-3-5-16/h6-11,16H,1-5,12-13H2,(H,22,27). The van der Waals surface area contributed by atoms with Crippen LogP contribution in [0.4, 0.5) is 0 Å². The minimum absolute atomic E-state index is 0.138. The van der Waals surface area contributed by atoms with Crippen LogP contribution in [-0.4, -0.2) is 39.0 Å². The van der Waals surface area contributed by atoms with Gasteiger partial charge in [-0.2, -0.15) is 4.52 Å². The minimum Gasteiger partial charge on any atom is -0.350 e. The average molecular weight is 464 g/mol. The monoisotopic (exact) mass is 463 g/mol. The smallest absolute Gasteiger partial charge is 0.350 e. The molecular formula is C20H22ClN5O4S.